The minimum atomic E-state index is -0.252. The topological polar surface area (TPSA) is 334 Å². The minimum Gasteiger partial charge on any atom is -0.388 e. The summed E-state index contributed by atoms with van der Waals surface area (Å²) in [6.45, 7) is -0.499. The van der Waals surface area contributed by atoms with Crippen LogP contribution in [0.3, 0.4) is 0 Å². The number of aliphatic hydroxyl groups is 2. The van der Waals surface area contributed by atoms with E-state index in [0.29, 0.717) is 47.3 Å². The summed E-state index contributed by atoms with van der Waals surface area (Å²) in [4.78, 5) is 15.7. The van der Waals surface area contributed by atoms with Crippen molar-refractivity contribution in [2.24, 2.45) is 0 Å². The summed E-state index contributed by atoms with van der Waals surface area (Å²) in [6, 6.07) is 0. The maximum atomic E-state index is 8.87. The monoisotopic (exact) mass is 550 g/mol. The zero-order valence-corrected chi connectivity index (χ0v) is 20.0. The van der Waals surface area contributed by atoms with E-state index in [-0.39, 0.29) is 37.5 Å². The highest BCUT2D eigenvalue weighted by atomic mass is 16.3. The van der Waals surface area contributed by atoms with E-state index in [9.17, 15) is 0 Å². The molecule has 0 aliphatic rings. The van der Waals surface area contributed by atoms with Crippen LogP contribution in [0.4, 0.5) is 23.8 Å². The molecule has 0 aliphatic carbocycles. The Balaban J connectivity index is 0.000000164. The van der Waals surface area contributed by atoms with E-state index in [4.69, 9.17) is 10.2 Å². The van der Waals surface area contributed by atoms with Crippen LogP contribution in [0.5, 0.6) is 0 Å². The Morgan fingerprint density at radius 3 is 1.77 bits per heavy atom. The molecule has 0 saturated carbocycles. The van der Waals surface area contributed by atoms with Crippen molar-refractivity contribution in [1.29, 1.82) is 0 Å². The lowest BCUT2D eigenvalue weighted by Gasteiger charge is -1.98. The second-order valence-electron chi connectivity index (χ2n) is 7.27. The van der Waals surface area contributed by atoms with E-state index in [2.05, 4.69) is 112 Å². The fourth-order valence-electron chi connectivity index (χ4n) is 2.74. The maximum Gasteiger partial charge on any atom is 0.268 e. The summed E-state index contributed by atoms with van der Waals surface area (Å²) in [6.07, 6.45) is 3.42. The predicted octanol–water partition coefficient (Wildman–Crippen LogP) is -3.34. The van der Waals surface area contributed by atoms with Crippen molar-refractivity contribution in [2.45, 2.75) is 26.1 Å². The average molecular weight is 550 g/mol. The maximum absolute atomic E-state index is 8.87. The van der Waals surface area contributed by atoms with Crippen molar-refractivity contribution in [3.8, 4) is 0 Å². The molecule has 6 aromatic heterocycles. The van der Waals surface area contributed by atoms with E-state index >= 15 is 0 Å². The van der Waals surface area contributed by atoms with Crippen molar-refractivity contribution >= 4 is 23.8 Å². The summed E-state index contributed by atoms with van der Waals surface area (Å²) in [5.41, 5.74) is 0. The summed E-state index contributed by atoms with van der Waals surface area (Å²) in [5.74, 6) is 3.47. The number of nitrogens with one attached hydrogen (secondary N) is 6. The molecule has 8 N–H and O–H groups in total. The highest BCUT2D eigenvalue weighted by Gasteiger charge is 2.09. The number of rotatable bonds is 10. The Hall–Kier alpha value is -6.04. The van der Waals surface area contributed by atoms with Crippen LogP contribution in [0, 0.1) is 0 Å². The minimum absolute atomic E-state index is 0.112. The molecule has 0 radical (unpaired) electrons. The number of aromatic nitrogens is 20. The van der Waals surface area contributed by atoms with Crippen LogP contribution in [0.15, 0.2) is 12.7 Å². The van der Waals surface area contributed by atoms with Crippen LogP contribution in [0.2, 0.25) is 0 Å². The molecular formula is C16H18N22O2. The van der Waals surface area contributed by atoms with Gasteiger partial charge in [0.05, 0.1) is 12.8 Å². The summed E-state index contributed by atoms with van der Waals surface area (Å²) in [7, 11) is 0. The van der Waals surface area contributed by atoms with E-state index in [1.54, 1.807) is 0 Å². The van der Waals surface area contributed by atoms with Gasteiger partial charge < -0.3 is 10.2 Å². The molecule has 0 aliphatic heterocycles. The van der Waals surface area contributed by atoms with Crippen molar-refractivity contribution in [2.75, 3.05) is 10.6 Å². The van der Waals surface area contributed by atoms with Crippen LogP contribution in [0.1, 0.15) is 34.9 Å². The van der Waals surface area contributed by atoms with E-state index in [0.717, 1.165) is 0 Å². The molecule has 0 fully saturated rings. The van der Waals surface area contributed by atoms with Crippen molar-refractivity contribution in [3.63, 3.8) is 0 Å². The third-order valence-electron chi connectivity index (χ3n) is 4.43. The fraction of sp³-hybridized carbons (Fsp3) is 0.250. The summed E-state index contributed by atoms with van der Waals surface area (Å²) < 4.78 is 0. The Kier molecular flexibility index (Phi) is 7.98. The van der Waals surface area contributed by atoms with E-state index in [1.807, 2.05) is 0 Å². The van der Waals surface area contributed by atoms with Gasteiger partial charge >= 0.3 is 0 Å². The smallest absolute Gasteiger partial charge is 0.268 e. The van der Waals surface area contributed by atoms with Crippen LogP contribution in [0.25, 0.3) is 0 Å². The molecule has 0 saturated heterocycles. The quantitative estimate of drug-likeness (QED) is 0.0825. The van der Waals surface area contributed by atoms with Gasteiger partial charge in [-0.15, -0.1) is 45.9 Å². The highest BCUT2D eigenvalue weighted by molar-refractivity contribution is 5.40. The molecule has 204 valence electrons. The van der Waals surface area contributed by atoms with Gasteiger partial charge in [-0.1, -0.05) is 0 Å². The number of H-pyrrole nitrogens is 4. The molecule has 0 spiro atoms. The molecule has 6 heterocycles. The van der Waals surface area contributed by atoms with Crippen molar-refractivity contribution < 1.29 is 10.2 Å². The number of aromatic amines is 4. The van der Waals surface area contributed by atoms with Gasteiger partial charge in [0, 0.05) is 0 Å². The molecule has 6 aromatic rings. The van der Waals surface area contributed by atoms with Crippen LogP contribution < -0.4 is 10.6 Å². The number of hydrogen-bond donors (Lipinski definition) is 8. The van der Waals surface area contributed by atoms with Crippen molar-refractivity contribution in [3.05, 3.63) is 47.6 Å². The third kappa shape index (κ3) is 7.04. The Labute approximate surface area is 220 Å². The van der Waals surface area contributed by atoms with Gasteiger partial charge in [0.15, 0.2) is 23.3 Å². The van der Waals surface area contributed by atoms with Crippen LogP contribution >= 0.6 is 0 Å². The zero-order valence-electron chi connectivity index (χ0n) is 20.0. The predicted molar refractivity (Wildman–Crippen MR) is 125 cm³/mol. The molecule has 24 nitrogen and oxygen atoms in total. The van der Waals surface area contributed by atoms with E-state index < -0.39 is 0 Å². The third-order valence-corrected chi connectivity index (χ3v) is 4.43. The summed E-state index contributed by atoms with van der Waals surface area (Å²) in [5, 5.41) is 79.5. The normalized spacial score (nSPS) is 10.7. The Bertz CT molecular complexity index is 1440. The van der Waals surface area contributed by atoms with Gasteiger partial charge in [-0.25, -0.2) is 15.1 Å². The van der Waals surface area contributed by atoms with E-state index in [1.165, 1.54) is 12.7 Å². The largest absolute Gasteiger partial charge is 0.388 e. The number of anilines is 4. The molecule has 6 rings (SSSR count). The molecular weight excluding hydrogens is 532 g/mol. The Morgan fingerprint density at radius 1 is 0.550 bits per heavy atom. The first-order valence-corrected chi connectivity index (χ1v) is 11.1. The lowest BCUT2D eigenvalue weighted by molar-refractivity contribution is 0.271. The molecule has 40 heavy (non-hydrogen) atoms. The second kappa shape index (κ2) is 12.5. The van der Waals surface area contributed by atoms with Gasteiger partial charge in [-0.2, -0.15) is 25.3 Å². The number of nitrogens with zero attached hydrogens (tertiary/aromatic N) is 16. The SMILES string of the molecule is OCc1n[nH]c(Cc2nnc(Nc3n[nH]c(CO)n3)nn2)n1.c1n[nH]c(Cc2nnc(Nc3ncn[nH]3)nn2)n1. The molecule has 0 amide bonds. The first-order valence-electron chi connectivity index (χ1n) is 11.1. The lowest BCUT2D eigenvalue weighted by Crippen LogP contribution is -2.07. The van der Waals surface area contributed by atoms with Gasteiger partial charge in [0.1, 0.15) is 37.5 Å². The zero-order chi connectivity index (χ0) is 27.6. The first-order chi connectivity index (χ1) is 19.7. The summed E-state index contributed by atoms with van der Waals surface area (Å²) >= 11 is 0. The number of hydrogen-bond acceptors (Lipinski definition) is 20. The fourth-order valence-corrected chi connectivity index (χ4v) is 2.74. The van der Waals surface area contributed by atoms with Crippen molar-refractivity contribution in [1.82, 2.24) is 102 Å². The average Bonchev–Trinajstić information content (AvgIpc) is 3.81. The first kappa shape index (κ1) is 25.6. The molecule has 0 unspecified atom stereocenters. The van der Waals surface area contributed by atoms with Crippen LogP contribution in [-0.2, 0) is 26.1 Å². The van der Waals surface area contributed by atoms with Crippen LogP contribution in [-0.4, -0.2) is 112 Å². The molecule has 0 atom stereocenters. The standard InChI is InChI=1S/C9H11N11O2.C7H7N11/c21-2-6-10-4(13-16-6)1-5-14-19-9(20-15-5)12-8-11-7(3-22)17-18-8;1(4-8-2-10-13-4)5-14-17-7(18-15-5)12-6-9-3-11-16-6/h21-22H,1-3H2,(H,10,13,16)(H2,11,12,17,18,19,20);2-3H,1H2,(H,8,10,13)(H2,9,11,12,16,17,18). The van der Waals surface area contributed by atoms with Gasteiger partial charge in [0.2, 0.25) is 11.9 Å². The number of aliphatic hydroxyl groups excluding tert-OH is 2. The highest BCUT2D eigenvalue weighted by Crippen LogP contribution is 2.06. The molecule has 24 heteroatoms. The van der Waals surface area contributed by atoms with Gasteiger partial charge in [-0.3, -0.25) is 25.9 Å². The second-order valence-corrected chi connectivity index (χ2v) is 7.27. The van der Waals surface area contributed by atoms with Gasteiger partial charge in [-0.05, 0) is 0 Å². The Morgan fingerprint density at radius 2 is 1.20 bits per heavy atom. The molecule has 0 bridgehead atoms. The molecule has 0 aromatic carbocycles. The van der Waals surface area contributed by atoms with Gasteiger partial charge in [0.25, 0.3) is 11.9 Å². The lowest BCUT2D eigenvalue weighted by atomic mass is 10.4.